The summed E-state index contributed by atoms with van der Waals surface area (Å²) in [6.45, 7) is 5.25. The second-order valence-electron chi connectivity index (χ2n) is 4.52. The Hall–Kier alpha value is -1.10. The van der Waals surface area contributed by atoms with Gasteiger partial charge in [0.25, 0.3) is 0 Å². The fourth-order valence-electron chi connectivity index (χ4n) is 1.86. The number of nitrogens with one attached hydrogen (secondary N) is 3. The van der Waals surface area contributed by atoms with E-state index in [1.54, 1.807) is 6.92 Å². The van der Waals surface area contributed by atoms with Crippen LogP contribution in [0.1, 0.15) is 39.5 Å². The normalized spacial score (nSPS) is 21.6. The monoisotopic (exact) mass is 241 g/mol. The molecule has 0 aromatic carbocycles. The number of amides is 2. The molecule has 0 spiro atoms. The minimum atomic E-state index is -0.460. The highest BCUT2D eigenvalue weighted by molar-refractivity contribution is 5.89. The van der Waals surface area contributed by atoms with E-state index < -0.39 is 6.04 Å². The maximum absolute atomic E-state index is 11.8. The van der Waals surface area contributed by atoms with Crippen LogP contribution in [-0.2, 0) is 9.59 Å². The molecular formula is C12H23N3O2. The maximum Gasteiger partial charge on any atom is 0.242 e. The Bertz CT molecular complexity index is 262. The van der Waals surface area contributed by atoms with Crippen LogP contribution in [0.3, 0.4) is 0 Å². The van der Waals surface area contributed by atoms with E-state index in [1.807, 2.05) is 6.92 Å². The van der Waals surface area contributed by atoms with Gasteiger partial charge in [-0.3, -0.25) is 9.59 Å². The summed E-state index contributed by atoms with van der Waals surface area (Å²) in [5, 5.41) is 8.67. The van der Waals surface area contributed by atoms with E-state index in [-0.39, 0.29) is 17.9 Å². The Labute approximate surface area is 103 Å². The van der Waals surface area contributed by atoms with Gasteiger partial charge in [0.2, 0.25) is 11.8 Å². The quantitative estimate of drug-likeness (QED) is 0.642. The van der Waals surface area contributed by atoms with E-state index >= 15 is 0 Å². The second-order valence-corrected chi connectivity index (χ2v) is 4.52. The van der Waals surface area contributed by atoms with Crippen molar-refractivity contribution in [3.8, 4) is 0 Å². The van der Waals surface area contributed by atoms with Gasteiger partial charge in [0.05, 0.1) is 6.04 Å². The van der Waals surface area contributed by atoms with Crippen molar-refractivity contribution in [2.75, 3.05) is 13.1 Å². The van der Waals surface area contributed by atoms with Crippen LogP contribution in [0, 0.1) is 0 Å². The Morgan fingerprint density at radius 1 is 1.41 bits per heavy atom. The molecule has 0 radical (unpaired) electrons. The zero-order valence-corrected chi connectivity index (χ0v) is 10.7. The lowest BCUT2D eigenvalue weighted by Gasteiger charge is -2.24. The Morgan fingerprint density at radius 3 is 2.76 bits per heavy atom. The molecule has 5 nitrogen and oxygen atoms in total. The third kappa shape index (κ3) is 4.73. The van der Waals surface area contributed by atoms with E-state index in [4.69, 9.17) is 0 Å². The predicted octanol–water partition coefficient (Wildman–Crippen LogP) is 0.159. The summed E-state index contributed by atoms with van der Waals surface area (Å²) in [6.07, 6.45) is 3.95. The summed E-state index contributed by atoms with van der Waals surface area (Å²) >= 11 is 0. The highest BCUT2D eigenvalue weighted by Gasteiger charge is 2.23. The second kappa shape index (κ2) is 7.27. The van der Waals surface area contributed by atoms with Crippen LogP contribution in [0.15, 0.2) is 0 Å². The van der Waals surface area contributed by atoms with Gasteiger partial charge in [0.15, 0.2) is 0 Å². The molecule has 0 saturated carbocycles. The van der Waals surface area contributed by atoms with Crippen LogP contribution in [0.4, 0.5) is 0 Å². The van der Waals surface area contributed by atoms with Crippen molar-refractivity contribution in [3.05, 3.63) is 0 Å². The number of carbonyl (C=O) groups is 2. The molecule has 0 aromatic rings. The molecule has 1 rings (SSSR count). The summed E-state index contributed by atoms with van der Waals surface area (Å²) < 4.78 is 0. The average molecular weight is 241 g/mol. The molecule has 5 heteroatoms. The van der Waals surface area contributed by atoms with E-state index in [0.717, 1.165) is 32.2 Å². The number of hydrogen-bond donors (Lipinski definition) is 3. The predicted molar refractivity (Wildman–Crippen MR) is 66.5 cm³/mol. The van der Waals surface area contributed by atoms with Gasteiger partial charge in [-0.25, -0.2) is 0 Å². The van der Waals surface area contributed by atoms with Crippen LogP contribution in [0.25, 0.3) is 0 Å². The fraction of sp³-hybridized carbons (Fsp3) is 0.833. The summed E-state index contributed by atoms with van der Waals surface area (Å²) in [5.74, 6) is -0.181. The third-order valence-electron chi connectivity index (χ3n) is 2.93. The van der Waals surface area contributed by atoms with E-state index in [2.05, 4.69) is 16.0 Å². The van der Waals surface area contributed by atoms with Crippen LogP contribution in [-0.4, -0.2) is 37.0 Å². The van der Waals surface area contributed by atoms with Gasteiger partial charge in [-0.1, -0.05) is 13.3 Å². The highest BCUT2D eigenvalue weighted by atomic mass is 16.2. The van der Waals surface area contributed by atoms with Crippen molar-refractivity contribution in [1.82, 2.24) is 16.0 Å². The maximum atomic E-state index is 11.8. The number of piperidine rings is 1. The van der Waals surface area contributed by atoms with Crippen molar-refractivity contribution in [2.24, 2.45) is 0 Å². The number of rotatable bonds is 5. The number of carbonyl (C=O) groups excluding carboxylic acids is 2. The average Bonchev–Trinajstić information content (AvgIpc) is 2.36. The van der Waals surface area contributed by atoms with Crippen molar-refractivity contribution >= 4 is 11.8 Å². The molecule has 0 aliphatic carbocycles. The van der Waals surface area contributed by atoms with E-state index in [1.165, 1.54) is 0 Å². The molecule has 1 unspecified atom stereocenters. The first-order valence-corrected chi connectivity index (χ1v) is 6.46. The smallest absolute Gasteiger partial charge is 0.242 e. The van der Waals surface area contributed by atoms with Gasteiger partial charge >= 0.3 is 0 Å². The Morgan fingerprint density at radius 2 is 2.18 bits per heavy atom. The van der Waals surface area contributed by atoms with Gasteiger partial charge in [0, 0.05) is 6.54 Å². The molecule has 0 aromatic heterocycles. The van der Waals surface area contributed by atoms with Crippen molar-refractivity contribution in [1.29, 1.82) is 0 Å². The SMILES string of the molecule is CCCNC(=O)C(C)NC(=O)[C@H]1CCCCN1. The largest absolute Gasteiger partial charge is 0.354 e. The fourth-order valence-corrected chi connectivity index (χ4v) is 1.86. The van der Waals surface area contributed by atoms with Crippen LogP contribution in [0.5, 0.6) is 0 Å². The zero-order valence-electron chi connectivity index (χ0n) is 10.7. The van der Waals surface area contributed by atoms with Crippen LogP contribution in [0.2, 0.25) is 0 Å². The van der Waals surface area contributed by atoms with E-state index in [0.29, 0.717) is 6.54 Å². The third-order valence-corrected chi connectivity index (χ3v) is 2.93. The molecule has 2 amide bonds. The first-order valence-electron chi connectivity index (χ1n) is 6.46. The van der Waals surface area contributed by atoms with Gasteiger partial charge in [0.1, 0.15) is 6.04 Å². The van der Waals surface area contributed by atoms with E-state index in [9.17, 15) is 9.59 Å². The minimum absolute atomic E-state index is 0.0659. The van der Waals surface area contributed by atoms with Gasteiger partial charge in [-0.15, -0.1) is 0 Å². The lowest BCUT2D eigenvalue weighted by atomic mass is 10.0. The molecule has 2 atom stereocenters. The van der Waals surface area contributed by atoms with Crippen molar-refractivity contribution < 1.29 is 9.59 Å². The van der Waals surface area contributed by atoms with Crippen LogP contribution >= 0.6 is 0 Å². The van der Waals surface area contributed by atoms with Crippen LogP contribution < -0.4 is 16.0 Å². The topological polar surface area (TPSA) is 70.2 Å². The minimum Gasteiger partial charge on any atom is -0.354 e. The molecule has 17 heavy (non-hydrogen) atoms. The lowest BCUT2D eigenvalue weighted by Crippen LogP contribution is -2.52. The first kappa shape index (κ1) is 14.0. The highest BCUT2D eigenvalue weighted by Crippen LogP contribution is 2.06. The van der Waals surface area contributed by atoms with Gasteiger partial charge < -0.3 is 16.0 Å². The zero-order chi connectivity index (χ0) is 12.7. The summed E-state index contributed by atoms with van der Waals surface area (Å²) in [7, 11) is 0. The molecule has 1 saturated heterocycles. The van der Waals surface area contributed by atoms with Crippen molar-refractivity contribution in [3.63, 3.8) is 0 Å². The summed E-state index contributed by atoms with van der Waals surface area (Å²) in [4.78, 5) is 23.4. The molecule has 98 valence electrons. The summed E-state index contributed by atoms with van der Waals surface area (Å²) in [6, 6.07) is -0.594. The Kier molecular flexibility index (Phi) is 5.97. The Balaban J connectivity index is 2.31. The molecule has 1 aliphatic heterocycles. The van der Waals surface area contributed by atoms with Crippen molar-refractivity contribution in [2.45, 2.75) is 51.6 Å². The molecular weight excluding hydrogens is 218 g/mol. The van der Waals surface area contributed by atoms with Gasteiger partial charge in [-0.05, 0) is 32.7 Å². The molecule has 3 N–H and O–H groups in total. The lowest BCUT2D eigenvalue weighted by molar-refractivity contribution is -0.129. The molecule has 0 bridgehead atoms. The first-order chi connectivity index (χ1) is 8.15. The standard InChI is InChI=1S/C12H23N3O2/c1-3-7-14-11(16)9(2)15-12(17)10-6-4-5-8-13-10/h9-10,13H,3-8H2,1-2H3,(H,14,16)(H,15,17)/t9?,10-/m1/s1. The number of hydrogen-bond acceptors (Lipinski definition) is 3. The molecule has 1 fully saturated rings. The molecule has 1 heterocycles. The molecule has 1 aliphatic rings. The summed E-state index contributed by atoms with van der Waals surface area (Å²) in [5.41, 5.74) is 0. The van der Waals surface area contributed by atoms with Gasteiger partial charge in [-0.2, -0.15) is 0 Å².